The molecular weight excluding hydrogens is 352 g/mol. The minimum atomic E-state index is -1.79. The molecule has 3 nitrogen and oxygen atoms in total. The third-order valence-electron chi connectivity index (χ3n) is 2.84. The summed E-state index contributed by atoms with van der Waals surface area (Å²) in [7, 11) is 1.16. The first kappa shape index (κ1) is 23.6. The van der Waals surface area contributed by atoms with Crippen molar-refractivity contribution in [3.05, 3.63) is 64.7 Å². The molecule has 0 heterocycles. The van der Waals surface area contributed by atoms with E-state index in [1.807, 2.05) is 32.0 Å². The Labute approximate surface area is 150 Å². The molecule has 0 aliphatic carbocycles. The highest BCUT2D eigenvalue weighted by molar-refractivity contribution is 5.94. The number of halogens is 4. The number of carbonyl (C=O) groups is 1. The Hall–Kier alpha value is -2.41. The molecule has 0 radical (unpaired) electrons. The van der Waals surface area contributed by atoms with Crippen LogP contribution in [0.15, 0.2) is 30.3 Å². The molecule has 0 saturated carbocycles. The average Bonchev–Trinajstić information content (AvgIpc) is 2.63. The molecule has 144 valence electrons. The number of ketones is 1. The average molecular weight is 374 g/mol. The maximum absolute atomic E-state index is 13.3. The lowest BCUT2D eigenvalue weighted by atomic mass is 10.1. The molecule has 2 aromatic carbocycles. The molecule has 0 bridgehead atoms. The molecule has 0 spiro atoms. The number of benzene rings is 2. The maximum Gasteiger partial charge on any atom is 0.204 e. The van der Waals surface area contributed by atoms with Crippen LogP contribution >= 0.6 is 0 Å². The monoisotopic (exact) mass is 374 g/mol. The van der Waals surface area contributed by atoms with Crippen molar-refractivity contribution in [3.63, 3.8) is 0 Å². The predicted molar refractivity (Wildman–Crippen MR) is 91.3 cm³/mol. The van der Waals surface area contributed by atoms with E-state index >= 15 is 0 Å². The summed E-state index contributed by atoms with van der Waals surface area (Å²) in [6.07, 6.45) is 0. The maximum atomic E-state index is 13.3. The molecule has 0 aromatic heterocycles. The summed E-state index contributed by atoms with van der Waals surface area (Å²) < 4.78 is 61.8. The van der Waals surface area contributed by atoms with E-state index in [9.17, 15) is 22.4 Å². The first-order chi connectivity index (χ1) is 12.3. The standard InChI is InChI=1S/C10H8F4O3.C7H8.C2H6/c1-4(15)5-6(11)8(13)10(17-3-16-2)9(14)7(5)12;1-7-5-3-2-4-6-7;1-2/h3H2,1-2H3;2-6H,1H3;1-2H3. The zero-order valence-corrected chi connectivity index (χ0v) is 15.3. The number of carbonyl (C=O) groups excluding carboxylic acids is 1. The number of Topliss-reactive ketones (excluding diaryl/α,β-unsaturated/α-hetero) is 1. The second-order valence-electron chi connectivity index (χ2n) is 4.72. The first-order valence-corrected chi connectivity index (χ1v) is 7.81. The Morgan fingerprint density at radius 3 is 1.69 bits per heavy atom. The Morgan fingerprint density at radius 1 is 0.923 bits per heavy atom. The molecule has 0 unspecified atom stereocenters. The molecule has 26 heavy (non-hydrogen) atoms. The van der Waals surface area contributed by atoms with E-state index in [-0.39, 0.29) is 0 Å². The third kappa shape index (κ3) is 6.48. The van der Waals surface area contributed by atoms with E-state index < -0.39 is 47.2 Å². The van der Waals surface area contributed by atoms with Crippen LogP contribution in [0.2, 0.25) is 0 Å². The number of hydrogen-bond donors (Lipinski definition) is 0. The molecule has 7 heteroatoms. The highest BCUT2D eigenvalue weighted by Crippen LogP contribution is 2.30. The predicted octanol–water partition coefficient (Wildman–Crippen LogP) is 5.45. The Balaban J connectivity index is 0.000000575. The van der Waals surface area contributed by atoms with Gasteiger partial charge >= 0.3 is 0 Å². The molecule has 0 aliphatic heterocycles. The summed E-state index contributed by atoms with van der Waals surface area (Å²) in [6.45, 7) is 6.28. The van der Waals surface area contributed by atoms with Crippen molar-refractivity contribution in [2.24, 2.45) is 0 Å². The van der Waals surface area contributed by atoms with Gasteiger partial charge in [-0.05, 0) is 13.8 Å². The fourth-order valence-electron chi connectivity index (χ4n) is 1.70. The molecule has 0 saturated heterocycles. The van der Waals surface area contributed by atoms with Gasteiger partial charge in [0.1, 0.15) is 0 Å². The summed E-state index contributed by atoms with van der Waals surface area (Å²) in [5, 5.41) is 0. The van der Waals surface area contributed by atoms with Crippen molar-refractivity contribution < 1.29 is 31.8 Å². The molecule has 0 aliphatic rings. The summed E-state index contributed by atoms with van der Waals surface area (Å²) in [5.74, 6) is -9.51. The highest BCUT2D eigenvalue weighted by Gasteiger charge is 2.28. The van der Waals surface area contributed by atoms with Crippen LogP contribution in [-0.2, 0) is 4.74 Å². The van der Waals surface area contributed by atoms with Crippen LogP contribution in [0, 0.1) is 30.2 Å². The van der Waals surface area contributed by atoms with Gasteiger partial charge in [0.2, 0.25) is 11.6 Å². The lowest BCUT2D eigenvalue weighted by Crippen LogP contribution is -2.12. The van der Waals surface area contributed by atoms with Gasteiger partial charge in [-0.1, -0.05) is 49.7 Å². The first-order valence-electron chi connectivity index (χ1n) is 7.81. The molecule has 2 rings (SSSR count). The van der Waals surface area contributed by atoms with Gasteiger partial charge in [0.15, 0.2) is 30.0 Å². The van der Waals surface area contributed by atoms with E-state index in [1.165, 1.54) is 5.56 Å². The van der Waals surface area contributed by atoms with E-state index in [2.05, 4.69) is 28.5 Å². The fourth-order valence-corrected chi connectivity index (χ4v) is 1.70. The molecule has 2 aromatic rings. The lowest BCUT2D eigenvalue weighted by Gasteiger charge is -2.10. The quantitative estimate of drug-likeness (QED) is 0.309. The summed E-state index contributed by atoms with van der Waals surface area (Å²) in [5.41, 5.74) is 0.0484. The Bertz CT molecular complexity index is 675. The van der Waals surface area contributed by atoms with Gasteiger partial charge in [0, 0.05) is 7.11 Å². The second kappa shape index (κ2) is 12.0. The third-order valence-corrected chi connectivity index (χ3v) is 2.84. The van der Waals surface area contributed by atoms with Gasteiger partial charge in [-0.2, -0.15) is 8.78 Å². The SMILES string of the molecule is CC.COCOc1c(F)c(F)c(C(C)=O)c(F)c1F.Cc1ccccc1. The fraction of sp³-hybridized carbons (Fsp3) is 0.316. The van der Waals surface area contributed by atoms with Gasteiger partial charge in [-0.3, -0.25) is 4.79 Å². The molecular formula is C19H22F4O3. The van der Waals surface area contributed by atoms with E-state index in [0.717, 1.165) is 14.0 Å². The van der Waals surface area contributed by atoms with Crippen LogP contribution in [0.1, 0.15) is 36.7 Å². The number of rotatable bonds is 4. The van der Waals surface area contributed by atoms with E-state index in [0.29, 0.717) is 0 Å². The molecule has 0 atom stereocenters. The van der Waals surface area contributed by atoms with Crippen LogP contribution < -0.4 is 4.74 Å². The van der Waals surface area contributed by atoms with Gasteiger partial charge in [0.05, 0.1) is 5.56 Å². The second-order valence-corrected chi connectivity index (χ2v) is 4.72. The zero-order chi connectivity index (χ0) is 20.3. The van der Waals surface area contributed by atoms with E-state index in [1.54, 1.807) is 0 Å². The van der Waals surface area contributed by atoms with Crippen LogP contribution in [0.5, 0.6) is 5.75 Å². The van der Waals surface area contributed by atoms with Crippen molar-refractivity contribution in [2.75, 3.05) is 13.9 Å². The normalized spacial score (nSPS) is 9.42. The van der Waals surface area contributed by atoms with Crippen LogP contribution in [0.4, 0.5) is 17.6 Å². The number of hydrogen-bond acceptors (Lipinski definition) is 3. The van der Waals surface area contributed by atoms with Crippen molar-refractivity contribution in [1.82, 2.24) is 0 Å². The molecule has 0 fully saturated rings. The van der Waals surface area contributed by atoms with Crippen LogP contribution in [0.3, 0.4) is 0 Å². The smallest absolute Gasteiger partial charge is 0.204 e. The van der Waals surface area contributed by atoms with Gasteiger partial charge in [-0.15, -0.1) is 0 Å². The zero-order valence-electron chi connectivity index (χ0n) is 15.3. The Kier molecular flexibility index (Phi) is 10.9. The minimum absolute atomic E-state index is 0.591. The summed E-state index contributed by atoms with van der Waals surface area (Å²) >= 11 is 0. The van der Waals surface area contributed by atoms with Crippen molar-refractivity contribution in [1.29, 1.82) is 0 Å². The number of aryl methyl sites for hydroxylation is 1. The van der Waals surface area contributed by atoms with Gasteiger partial charge < -0.3 is 9.47 Å². The molecule has 0 amide bonds. The van der Waals surface area contributed by atoms with Crippen molar-refractivity contribution >= 4 is 5.78 Å². The van der Waals surface area contributed by atoms with Crippen LogP contribution in [-0.4, -0.2) is 19.7 Å². The summed E-state index contributed by atoms with van der Waals surface area (Å²) in [6, 6.07) is 10.3. The van der Waals surface area contributed by atoms with Gasteiger partial charge in [0.25, 0.3) is 0 Å². The highest BCUT2D eigenvalue weighted by atomic mass is 19.2. The van der Waals surface area contributed by atoms with Crippen molar-refractivity contribution in [2.45, 2.75) is 27.7 Å². The van der Waals surface area contributed by atoms with Gasteiger partial charge in [-0.25, -0.2) is 8.78 Å². The summed E-state index contributed by atoms with van der Waals surface area (Å²) in [4.78, 5) is 10.8. The largest absolute Gasteiger partial charge is 0.461 e. The number of methoxy groups -OCH3 is 1. The number of ether oxygens (including phenoxy) is 2. The Morgan fingerprint density at radius 2 is 1.38 bits per heavy atom. The van der Waals surface area contributed by atoms with Crippen LogP contribution in [0.25, 0.3) is 0 Å². The van der Waals surface area contributed by atoms with Crippen molar-refractivity contribution in [3.8, 4) is 5.75 Å². The lowest BCUT2D eigenvalue weighted by molar-refractivity contribution is 0.0439. The topological polar surface area (TPSA) is 35.5 Å². The van der Waals surface area contributed by atoms with E-state index in [4.69, 9.17) is 0 Å². The molecule has 0 N–H and O–H groups in total. The minimum Gasteiger partial charge on any atom is -0.461 e.